The number of aromatic carboxylic acids is 1. The van der Waals surface area contributed by atoms with Gasteiger partial charge >= 0.3 is 5.97 Å². The number of hydrogen-bond donors (Lipinski definition) is 1. The molecule has 2 aromatic rings. The van der Waals surface area contributed by atoms with Gasteiger partial charge in [-0.05, 0) is 46.3 Å². The normalized spacial score (nSPS) is 10.3. The number of benzene rings is 2. The van der Waals surface area contributed by atoms with Gasteiger partial charge in [-0.2, -0.15) is 0 Å². The van der Waals surface area contributed by atoms with Crippen LogP contribution in [0.4, 0.5) is 4.39 Å². The zero-order chi connectivity index (χ0) is 13.1. The lowest BCUT2D eigenvalue weighted by Crippen LogP contribution is -2.00. The van der Waals surface area contributed by atoms with Gasteiger partial charge in [0.25, 0.3) is 0 Å². The molecule has 0 atom stereocenters. The Morgan fingerprint density at radius 2 is 1.94 bits per heavy atom. The van der Waals surface area contributed by atoms with E-state index in [0.29, 0.717) is 14.3 Å². The smallest absolute Gasteiger partial charge is 0.338 e. The van der Waals surface area contributed by atoms with Crippen molar-refractivity contribution in [2.24, 2.45) is 0 Å². The molecule has 2 aromatic carbocycles. The summed E-state index contributed by atoms with van der Waals surface area (Å²) in [7, 11) is 0. The maximum Gasteiger partial charge on any atom is 0.338 e. The molecule has 18 heavy (non-hydrogen) atoms. The minimum Gasteiger partial charge on any atom is -0.478 e. The molecule has 0 bridgehead atoms. The van der Waals surface area contributed by atoms with Crippen LogP contribution in [0.15, 0.2) is 56.7 Å². The van der Waals surface area contributed by atoms with Crippen molar-refractivity contribution in [1.29, 1.82) is 0 Å². The molecule has 0 heterocycles. The summed E-state index contributed by atoms with van der Waals surface area (Å²) in [4.78, 5) is 12.4. The predicted molar refractivity (Wildman–Crippen MR) is 71.6 cm³/mol. The van der Waals surface area contributed by atoms with Crippen LogP contribution in [0.2, 0.25) is 0 Å². The lowest BCUT2D eigenvalue weighted by Gasteiger charge is -2.07. The van der Waals surface area contributed by atoms with Gasteiger partial charge in [0.1, 0.15) is 5.82 Å². The topological polar surface area (TPSA) is 37.3 Å². The van der Waals surface area contributed by atoms with Crippen LogP contribution in [0.25, 0.3) is 0 Å². The zero-order valence-corrected chi connectivity index (χ0v) is 11.5. The molecular weight excluding hydrogens is 319 g/mol. The number of rotatable bonds is 3. The second-order valence-electron chi connectivity index (χ2n) is 3.48. The lowest BCUT2D eigenvalue weighted by molar-refractivity contribution is 0.0692. The van der Waals surface area contributed by atoms with Gasteiger partial charge in [0, 0.05) is 14.3 Å². The van der Waals surface area contributed by atoms with E-state index in [0.717, 1.165) is 0 Å². The SMILES string of the molecule is O=C(O)c1c(Br)cccc1Sc1cccc(F)c1. The van der Waals surface area contributed by atoms with Crippen molar-refractivity contribution >= 4 is 33.7 Å². The fourth-order valence-electron chi connectivity index (χ4n) is 1.45. The first-order valence-corrected chi connectivity index (χ1v) is 6.64. The number of halogens is 2. The quantitative estimate of drug-likeness (QED) is 0.906. The van der Waals surface area contributed by atoms with E-state index in [2.05, 4.69) is 15.9 Å². The van der Waals surface area contributed by atoms with Crippen molar-refractivity contribution in [3.8, 4) is 0 Å². The average molecular weight is 327 g/mol. The van der Waals surface area contributed by atoms with Crippen LogP contribution >= 0.6 is 27.7 Å². The summed E-state index contributed by atoms with van der Waals surface area (Å²) in [6, 6.07) is 11.2. The number of carboxylic acids is 1. The summed E-state index contributed by atoms with van der Waals surface area (Å²) in [5.41, 5.74) is 0.187. The zero-order valence-electron chi connectivity index (χ0n) is 9.06. The molecule has 0 unspecified atom stereocenters. The Morgan fingerprint density at radius 3 is 2.61 bits per heavy atom. The highest BCUT2D eigenvalue weighted by atomic mass is 79.9. The van der Waals surface area contributed by atoms with Crippen molar-refractivity contribution in [2.45, 2.75) is 9.79 Å². The van der Waals surface area contributed by atoms with Gasteiger partial charge in [-0.25, -0.2) is 9.18 Å². The first-order valence-electron chi connectivity index (χ1n) is 5.03. The van der Waals surface area contributed by atoms with Gasteiger partial charge in [0.05, 0.1) is 5.56 Å². The molecule has 0 saturated heterocycles. The molecule has 0 fully saturated rings. The Hall–Kier alpha value is -1.33. The molecule has 0 aliphatic carbocycles. The largest absolute Gasteiger partial charge is 0.478 e. The minimum absolute atomic E-state index is 0.187. The summed E-state index contributed by atoms with van der Waals surface area (Å²) in [6.45, 7) is 0. The van der Waals surface area contributed by atoms with Gasteiger partial charge in [-0.3, -0.25) is 0 Å². The lowest BCUT2D eigenvalue weighted by atomic mass is 10.2. The van der Waals surface area contributed by atoms with Crippen molar-refractivity contribution in [3.05, 3.63) is 58.3 Å². The Morgan fingerprint density at radius 1 is 1.22 bits per heavy atom. The fourth-order valence-corrected chi connectivity index (χ4v) is 3.14. The standard InChI is InChI=1S/C13H8BrFO2S/c14-10-5-2-6-11(12(10)13(16)17)18-9-4-1-3-8(15)7-9/h1-7H,(H,16,17). The molecule has 0 saturated carbocycles. The Kier molecular flexibility index (Phi) is 4.04. The molecule has 0 aromatic heterocycles. The highest BCUT2D eigenvalue weighted by Crippen LogP contribution is 2.34. The Labute approximate surface area is 116 Å². The molecular formula is C13H8BrFO2S. The van der Waals surface area contributed by atoms with Crippen molar-refractivity contribution < 1.29 is 14.3 Å². The molecule has 2 rings (SSSR count). The summed E-state index contributed by atoms with van der Waals surface area (Å²) >= 11 is 4.43. The van der Waals surface area contributed by atoms with Crippen LogP contribution in [0.3, 0.4) is 0 Å². The van der Waals surface area contributed by atoms with Crippen molar-refractivity contribution in [2.75, 3.05) is 0 Å². The van der Waals surface area contributed by atoms with Gasteiger partial charge in [0.15, 0.2) is 0 Å². The molecule has 1 N–H and O–H groups in total. The summed E-state index contributed by atoms with van der Waals surface area (Å²) < 4.78 is 13.6. The van der Waals surface area contributed by atoms with Gasteiger partial charge in [0.2, 0.25) is 0 Å². The van der Waals surface area contributed by atoms with E-state index in [1.807, 2.05) is 0 Å². The number of carboxylic acid groups (broad SMARTS) is 1. The highest BCUT2D eigenvalue weighted by molar-refractivity contribution is 9.10. The molecule has 2 nitrogen and oxygen atoms in total. The fraction of sp³-hybridized carbons (Fsp3) is 0. The molecule has 92 valence electrons. The van der Waals surface area contributed by atoms with Crippen LogP contribution in [0, 0.1) is 5.82 Å². The Bertz CT molecular complexity index is 601. The van der Waals surface area contributed by atoms with E-state index in [1.165, 1.54) is 23.9 Å². The van der Waals surface area contributed by atoms with E-state index < -0.39 is 5.97 Å². The number of hydrogen-bond acceptors (Lipinski definition) is 2. The molecule has 5 heteroatoms. The second-order valence-corrected chi connectivity index (χ2v) is 5.45. The van der Waals surface area contributed by atoms with Crippen LogP contribution in [-0.4, -0.2) is 11.1 Å². The summed E-state index contributed by atoms with van der Waals surface area (Å²) in [5, 5.41) is 9.16. The average Bonchev–Trinajstić information content (AvgIpc) is 2.28. The minimum atomic E-state index is -1.01. The first-order chi connectivity index (χ1) is 8.58. The first kappa shape index (κ1) is 13.1. The third kappa shape index (κ3) is 2.91. The van der Waals surface area contributed by atoms with E-state index in [1.54, 1.807) is 30.3 Å². The molecule has 0 aliphatic heterocycles. The van der Waals surface area contributed by atoms with Crippen LogP contribution < -0.4 is 0 Å². The summed E-state index contributed by atoms with van der Waals surface area (Å²) in [6.07, 6.45) is 0. The third-order valence-electron chi connectivity index (χ3n) is 2.21. The van der Waals surface area contributed by atoms with E-state index in [-0.39, 0.29) is 11.4 Å². The molecule has 0 aliphatic rings. The second kappa shape index (κ2) is 5.54. The third-order valence-corrected chi connectivity index (χ3v) is 3.92. The van der Waals surface area contributed by atoms with E-state index in [9.17, 15) is 9.18 Å². The maximum atomic E-state index is 13.1. The van der Waals surface area contributed by atoms with Crippen molar-refractivity contribution in [3.63, 3.8) is 0 Å². The molecule has 0 radical (unpaired) electrons. The van der Waals surface area contributed by atoms with Gasteiger partial charge in [-0.1, -0.05) is 23.9 Å². The number of carbonyl (C=O) groups is 1. The van der Waals surface area contributed by atoms with Gasteiger partial charge < -0.3 is 5.11 Å². The van der Waals surface area contributed by atoms with Crippen LogP contribution in [-0.2, 0) is 0 Å². The highest BCUT2D eigenvalue weighted by Gasteiger charge is 2.14. The van der Waals surface area contributed by atoms with Crippen LogP contribution in [0.1, 0.15) is 10.4 Å². The van der Waals surface area contributed by atoms with E-state index in [4.69, 9.17) is 5.11 Å². The van der Waals surface area contributed by atoms with Crippen molar-refractivity contribution in [1.82, 2.24) is 0 Å². The van der Waals surface area contributed by atoms with E-state index >= 15 is 0 Å². The maximum absolute atomic E-state index is 13.1. The van der Waals surface area contributed by atoms with Crippen LogP contribution in [0.5, 0.6) is 0 Å². The predicted octanol–water partition coefficient (Wildman–Crippen LogP) is 4.44. The Balaban J connectivity index is 2.40. The van der Waals surface area contributed by atoms with Gasteiger partial charge in [-0.15, -0.1) is 0 Å². The molecule has 0 amide bonds. The monoisotopic (exact) mass is 326 g/mol. The molecule has 0 spiro atoms. The summed E-state index contributed by atoms with van der Waals surface area (Å²) in [5.74, 6) is -1.35.